The number of alkyl halides is 3. The lowest BCUT2D eigenvalue weighted by atomic mass is 9.80. The molecule has 0 saturated carbocycles. The Bertz CT molecular complexity index is 383. The number of H-pyrrole nitrogens is 1. The molecule has 0 aliphatic heterocycles. The SMILES string of the molecule is CCCCC(C)(C)c1c(Cl)n[nH]c1C(F)(F)F. The molecular weight excluding hydrogens is 253 g/mol. The topological polar surface area (TPSA) is 28.7 Å². The number of nitrogens with one attached hydrogen (secondary N) is 1. The Morgan fingerprint density at radius 1 is 1.29 bits per heavy atom. The first kappa shape index (κ1) is 14.4. The third-order valence-corrected chi connectivity index (χ3v) is 3.11. The maximum absolute atomic E-state index is 12.8. The highest BCUT2D eigenvalue weighted by Crippen LogP contribution is 2.41. The largest absolute Gasteiger partial charge is 0.433 e. The van der Waals surface area contributed by atoms with Crippen LogP contribution in [0.5, 0.6) is 0 Å². The lowest BCUT2D eigenvalue weighted by Crippen LogP contribution is -2.22. The van der Waals surface area contributed by atoms with Gasteiger partial charge in [0.25, 0.3) is 0 Å². The van der Waals surface area contributed by atoms with Crippen LogP contribution in [0.3, 0.4) is 0 Å². The lowest BCUT2D eigenvalue weighted by molar-refractivity contribution is -0.142. The monoisotopic (exact) mass is 268 g/mol. The zero-order valence-corrected chi connectivity index (χ0v) is 10.8. The highest BCUT2D eigenvalue weighted by atomic mass is 35.5. The zero-order chi connectivity index (χ0) is 13.3. The molecule has 1 aromatic rings. The Hall–Kier alpha value is -0.710. The molecule has 0 fully saturated rings. The Kier molecular flexibility index (Phi) is 4.12. The van der Waals surface area contributed by atoms with E-state index in [-0.39, 0.29) is 10.7 Å². The summed E-state index contributed by atoms with van der Waals surface area (Å²) in [6.45, 7) is 5.51. The molecule has 0 aliphatic rings. The smallest absolute Gasteiger partial charge is 0.272 e. The number of halogens is 4. The van der Waals surface area contributed by atoms with Gasteiger partial charge in [-0.15, -0.1) is 0 Å². The number of hydrogen-bond donors (Lipinski definition) is 1. The second kappa shape index (κ2) is 4.88. The van der Waals surface area contributed by atoms with E-state index in [0.717, 1.165) is 12.8 Å². The minimum atomic E-state index is -4.45. The maximum atomic E-state index is 12.8. The lowest BCUT2D eigenvalue weighted by Gasteiger charge is -2.25. The van der Waals surface area contributed by atoms with Gasteiger partial charge in [0.2, 0.25) is 0 Å². The van der Waals surface area contributed by atoms with Crippen LogP contribution in [0.4, 0.5) is 13.2 Å². The van der Waals surface area contributed by atoms with Crippen molar-refractivity contribution in [1.29, 1.82) is 0 Å². The van der Waals surface area contributed by atoms with E-state index in [1.807, 2.05) is 12.0 Å². The molecule has 1 aromatic heterocycles. The third kappa shape index (κ3) is 3.15. The average Bonchev–Trinajstić information content (AvgIpc) is 2.57. The van der Waals surface area contributed by atoms with Crippen molar-refractivity contribution in [2.75, 3.05) is 0 Å². The van der Waals surface area contributed by atoms with Gasteiger partial charge in [0.1, 0.15) is 5.69 Å². The summed E-state index contributed by atoms with van der Waals surface area (Å²) in [5, 5.41) is 5.38. The molecule has 2 nitrogen and oxygen atoms in total. The first-order chi connectivity index (χ1) is 7.70. The molecule has 0 atom stereocenters. The molecule has 0 spiro atoms. The van der Waals surface area contributed by atoms with Gasteiger partial charge in [0.05, 0.1) is 0 Å². The van der Waals surface area contributed by atoms with Crippen molar-refractivity contribution >= 4 is 11.6 Å². The Labute approximate surface area is 104 Å². The summed E-state index contributed by atoms with van der Waals surface area (Å²) in [4.78, 5) is 0. The van der Waals surface area contributed by atoms with Crippen molar-refractivity contribution in [3.63, 3.8) is 0 Å². The van der Waals surface area contributed by atoms with Crippen LogP contribution in [0.25, 0.3) is 0 Å². The van der Waals surface area contributed by atoms with E-state index in [2.05, 4.69) is 5.10 Å². The second-order valence-electron chi connectivity index (χ2n) is 4.75. The zero-order valence-electron chi connectivity index (χ0n) is 10.1. The molecule has 0 aliphatic carbocycles. The van der Waals surface area contributed by atoms with Gasteiger partial charge in [-0.25, -0.2) is 0 Å². The van der Waals surface area contributed by atoms with Gasteiger partial charge >= 0.3 is 6.18 Å². The minimum Gasteiger partial charge on any atom is -0.272 e. The van der Waals surface area contributed by atoms with Gasteiger partial charge in [0.15, 0.2) is 5.15 Å². The van der Waals surface area contributed by atoms with Crippen LogP contribution in [0.1, 0.15) is 51.3 Å². The van der Waals surface area contributed by atoms with E-state index in [9.17, 15) is 13.2 Å². The number of nitrogens with zero attached hydrogens (tertiary/aromatic N) is 1. The van der Waals surface area contributed by atoms with Crippen LogP contribution >= 0.6 is 11.6 Å². The third-order valence-electron chi connectivity index (χ3n) is 2.84. The van der Waals surface area contributed by atoms with Gasteiger partial charge in [-0.3, -0.25) is 5.10 Å². The summed E-state index contributed by atoms with van der Waals surface area (Å²) in [5.74, 6) is 0. The number of hydrogen-bond acceptors (Lipinski definition) is 1. The number of rotatable bonds is 4. The fourth-order valence-electron chi connectivity index (χ4n) is 1.89. The average molecular weight is 269 g/mol. The van der Waals surface area contributed by atoms with E-state index >= 15 is 0 Å². The fourth-order valence-corrected chi connectivity index (χ4v) is 2.28. The van der Waals surface area contributed by atoms with Gasteiger partial charge < -0.3 is 0 Å². The molecule has 1 heterocycles. The molecule has 0 unspecified atom stereocenters. The van der Waals surface area contributed by atoms with Crippen LogP contribution in [0.2, 0.25) is 5.15 Å². The van der Waals surface area contributed by atoms with E-state index in [1.165, 1.54) is 0 Å². The summed E-state index contributed by atoms with van der Waals surface area (Å²) in [6, 6.07) is 0. The standard InChI is InChI=1S/C11H16ClF3N2/c1-4-5-6-10(2,3)7-8(11(13,14)15)16-17-9(7)12/h4-6H2,1-3H3,(H,16,17). The summed E-state index contributed by atoms with van der Waals surface area (Å²) < 4.78 is 38.4. The molecule has 0 radical (unpaired) electrons. The highest BCUT2D eigenvalue weighted by molar-refractivity contribution is 6.30. The predicted molar refractivity (Wildman–Crippen MR) is 61.2 cm³/mol. The number of aromatic amines is 1. The van der Waals surface area contributed by atoms with Crippen molar-refractivity contribution in [2.45, 2.75) is 51.6 Å². The first-order valence-corrected chi connectivity index (χ1v) is 5.89. The van der Waals surface area contributed by atoms with Crippen molar-refractivity contribution in [3.8, 4) is 0 Å². The van der Waals surface area contributed by atoms with E-state index in [1.54, 1.807) is 13.8 Å². The molecule has 0 amide bonds. The van der Waals surface area contributed by atoms with E-state index in [4.69, 9.17) is 11.6 Å². The van der Waals surface area contributed by atoms with E-state index in [0.29, 0.717) is 6.42 Å². The van der Waals surface area contributed by atoms with Gasteiger partial charge in [-0.1, -0.05) is 45.2 Å². The minimum absolute atomic E-state index is 0.0696. The fraction of sp³-hybridized carbons (Fsp3) is 0.727. The van der Waals surface area contributed by atoms with Crippen molar-refractivity contribution < 1.29 is 13.2 Å². The normalized spacial score (nSPS) is 13.1. The summed E-state index contributed by atoms with van der Waals surface area (Å²) >= 11 is 5.77. The molecule has 1 rings (SSSR count). The molecule has 0 bridgehead atoms. The number of aromatic nitrogens is 2. The quantitative estimate of drug-likeness (QED) is 0.853. The second-order valence-corrected chi connectivity index (χ2v) is 5.11. The molecular formula is C11H16ClF3N2. The van der Waals surface area contributed by atoms with Crippen molar-refractivity contribution in [1.82, 2.24) is 10.2 Å². The van der Waals surface area contributed by atoms with Crippen molar-refractivity contribution in [3.05, 3.63) is 16.4 Å². The summed E-state index contributed by atoms with van der Waals surface area (Å²) in [7, 11) is 0. The summed E-state index contributed by atoms with van der Waals surface area (Å²) in [6.07, 6.45) is -2.02. The summed E-state index contributed by atoms with van der Waals surface area (Å²) in [5.41, 5.74) is -1.39. The molecule has 0 saturated heterocycles. The maximum Gasteiger partial charge on any atom is 0.433 e. The first-order valence-electron chi connectivity index (χ1n) is 5.51. The van der Waals surface area contributed by atoms with Crippen LogP contribution in [0.15, 0.2) is 0 Å². The van der Waals surface area contributed by atoms with Gasteiger partial charge in [0, 0.05) is 5.56 Å². The van der Waals surface area contributed by atoms with Gasteiger partial charge in [-0.2, -0.15) is 18.3 Å². The van der Waals surface area contributed by atoms with Gasteiger partial charge in [-0.05, 0) is 11.8 Å². The predicted octanol–water partition coefficient (Wildman–Crippen LogP) is 4.55. The van der Waals surface area contributed by atoms with Crippen LogP contribution in [0, 0.1) is 0 Å². The van der Waals surface area contributed by atoms with Crippen molar-refractivity contribution in [2.24, 2.45) is 0 Å². The van der Waals surface area contributed by atoms with Crippen LogP contribution < -0.4 is 0 Å². The molecule has 0 aromatic carbocycles. The molecule has 6 heteroatoms. The highest BCUT2D eigenvalue weighted by Gasteiger charge is 2.41. The van der Waals surface area contributed by atoms with Crippen LogP contribution in [-0.4, -0.2) is 10.2 Å². The molecule has 17 heavy (non-hydrogen) atoms. The molecule has 1 N–H and O–H groups in total. The molecule has 98 valence electrons. The number of unbranched alkanes of at least 4 members (excludes halogenated alkanes) is 1. The Balaban J connectivity index is 3.16. The Morgan fingerprint density at radius 2 is 1.88 bits per heavy atom. The van der Waals surface area contributed by atoms with E-state index < -0.39 is 17.3 Å². The Morgan fingerprint density at radius 3 is 2.35 bits per heavy atom. The van der Waals surface area contributed by atoms with Crippen LogP contribution in [-0.2, 0) is 11.6 Å².